The van der Waals surface area contributed by atoms with Gasteiger partial charge in [-0.05, 0) is 29.7 Å². The molecule has 2 amide bonds. The summed E-state index contributed by atoms with van der Waals surface area (Å²) in [4.78, 5) is 50.4. The van der Waals surface area contributed by atoms with Crippen LogP contribution in [0.4, 0.5) is 0 Å². The number of Topliss-reactive ketones (excluding diaryl/α,β-unsaturated/α-hetero) is 1. The quantitative estimate of drug-likeness (QED) is 0.241. The van der Waals surface area contributed by atoms with Gasteiger partial charge >= 0.3 is 5.97 Å². The minimum absolute atomic E-state index is 0.0390. The zero-order valence-electron chi connectivity index (χ0n) is 23.2. The van der Waals surface area contributed by atoms with Crippen LogP contribution in [0.3, 0.4) is 0 Å². The van der Waals surface area contributed by atoms with Gasteiger partial charge in [0.15, 0.2) is 5.78 Å². The van der Waals surface area contributed by atoms with Crippen LogP contribution in [0.15, 0.2) is 64.7 Å². The summed E-state index contributed by atoms with van der Waals surface area (Å²) >= 11 is 1.30. The van der Waals surface area contributed by atoms with E-state index in [0.29, 0.717) is 34.6 Å². The highest BCUT2D eigenvalue weighted by Crippen LogP contribution is 2.26. The van der Waals surface area contributed by atoms with Gasteiger partial charge in [0, 0.05) is 23.8 Å². The molecular weight excluding hydrogens is 548 g/mol. The molecule has 11 nitrogen and oxygen atoms in total. The number of ether oxygens (including phenoxy) is 1. The first-order chi connectivity index (χ1) is 19.6. The number of hydrogen-bond donors (Lipinski definition) is 3. The van der Waals surface area contributed by atoms with Gasteiger partial charge in [0.2, 0.25) is 23.6 Å². The van der Waals surface area contributed by atoms with E-state index in [9.17, 15) is 24.3 Å². The van der Waals surface area contributed by atoms with E-state index in [0.717, 1.165) is 5.56 Å². The van der Waals surface area contributed by atoms with Crippen molar-refractivity contribution in [2.75, 3.05) is 12.9 Å². The second-order valence-corrected chi connectivity index (χ2v) is 10.4. The minimum Gasteiger partial charge on any atom is -0.496 e. The maximum atomic E-state index is 13.2. The second-order valence-electron chi connectivity index (χ2n) is 9.41. The Morgan fingerprint density at radius 2 is 1.83 bits per heavy atom. The van der Waals surface area contributed by atoms with Gasteiger partial charge in [0.05, 0.1) is 31.1 Å². The van der Waals surface area contributed by atoms with Crippen LogP contribution in [-0.4, -0.2) is 57.8 Å². The number of aliphatic carboxylic acids is 1. The van der Waals surface area contributed by atoms with E-state index in [1.165, 1.54) is 18.9 Å². The zero-order chi connectivity index (χ0) is 29.9. The van der Waals surface area contributed by atoms with E-state index in [1.54, 1.807) is 39.0 Å². The van der Waals surface area contributed by atoms with Gasteiger partial charge in [-0.2, -0.15) is 0 Å². The van der Waals surface area contributed by atoms with Crippen LogP contribution in [-0.2, 0) is 31.4 Å². The first-order valence-corrected chi connectivity index (χ1v) is 13.9. The summed E-state index contributed by atoms with van der Waals surface area (Å²) in [6.07, 6.45) is 0.533. The summed E-state index contributed by atoms with van der Waals surface area (Å²) in [7, 11) is 1.48. The average Bonchev–Trinajstić information content (AvgIpc) is 3.37. The minimum atomic E-state index is -1.38. The standard InChI is InChI=1S/C29H32N4O7S/c1-17(2)27(28(38)30-22(14-26(36)37)23(34)16-41-15-19-8-6-5-7-9-19)31-25(35)13-21-12-20(10-11-24(21)39-4)29-33-32-18(3)40-29/h5-12,14,17,27H,13,15-16H2,1-4H3,(H,30,38)(H,31,35)(H,36,37)/t27-/m0/s1. The molecule has 3 rings (SSSR count). The Balaban J connectivity index is 1.68. The number of allylic oxidation sites excluding steroid dienone is 1. The van der Waals surface area contributed by atoms with Crippen LogP contribution in [0.5, 0.6) is 5.75 Å². The molecule has 0 radical (unpaired) electrons. The molecule has 3 N–H and O–H groups in total. The van der Waals surface area contributed by atoms with Gasteiger partial charge in [-0.3, -0.25) is 14.4 Å². The van der Waals surface area contributed by atoms with Crippen molar-refractivity contribution in [2.45, 2.75) is 39.0 Å². The summed E-state index contributed by atoms with van der Waals surface area (Å²) < 4.78 is 10.9. The number of amides is 2. The fourth-order valence-electron chi connectivity index (χ4n) is 3.83. The van der Waals surface area contributed by atoms with Gasteiger partial charge in [0.25, 0.3) is 0 Å². The topological polar surface area (TPSA) is 161 Å². The van der Waals surface area contributed by atoms with Crippen LogP contribution in [0.1, 0.15) is 30.9 Å². The molecule has 3 aromatic rings. The Kier molecular flexibility index (Phi) is 11.2. The molecule has 1 aromatic heterocycles. The summed E-state index contributed by atoms with van der Waals surface area (Å²) in [5, 5.41) is 22.2. The molecule has 41 heavy (non-hydrogen) atoms. The van der Waals surface area contributed by atoms with Crippen LogP contribution in [0, 0.1) is 12.8 Å². The highest BCUT2D eigenvalue weighted by atomic mass is 32.2. The van der Waals surface area contributed by atoms with Crippen molar-refractivity contribution in [1.82, 2.24) is 20.8 Å². The molecule has 0 fully saturated rings. The molecule has 12 heteroatoms. The molecule has 0 aliphatic rings. The van der Waals surface area contributed by atoms with Crippen LogP contribution in [0.2, 0.25) is 0 Å². The number of carbonyl (C=O) groups is 4. The molecule has 0 aliphatic carbocycles. The number of nitrogens with zero attached hydrogens (tertiary/aromatic N) is 2. The molecule has 0 spiro atoms. The van der Waals surface area contributed by atoms with Crippen molar-refractivity contribution in [3.8, 4) is 17.2 Å². The lowest BCUT2D eigenvalue weighted by molar-refractivity contribution is -0.132. The Labute approximate surface area is 241 Å². The third-order valence-corrected chi connectivity index (χ3v) is 6.84. The Hall–Kier alpha value is -4.45. The lowest BCUT2D eigenvalue weighted by Crippen LogP contribution is -2.50. The predicted molar refractivity (Wildman–Crippen MR) is 153 cm³/mol. The predicted octanol–water partition coefficient (Wildman–Crippen LogP) is 3.32. The fraction of sp³-hybridized carbons (Fsp3) is 0.310. The molecule has 0 saturated carbocycles. The van der Waals surface area contributed by atoms with Crippen molar-refractivity contribution in [3.05, 3.63) is 77.3 Å². The largest absolute Gasteiger partial charge is 0.496 e. The van der Waals surface area contributed by atoms with Crippen molar-refractivity contribution >= 4 is 35.3 Å². The van der Waals surface area contributed by atoms with Crippen LogP contribution >= 0.6 is 11.8 Å². The number of nitrogens with one attached hydrogen (secondary N) is 2. The number of rotatable bonds is 14. The molecule has 2 aromatic carbocycles. The first-order valence-electron chi connectivity index (χ1n) is 12.7. The Morgan fingerprint density at radius 3 is 2.44 bits per heavy atom. The Morgan fingerprint density at radius 1 is 1.10 bits per heavy atom. The van der Waals surface area contributed by atoms with Gasteiger partial charge in [0.1, 0.15) is 11.8 Å². The molecule has 0 bridgehead atoms. The third-order valence-electron chi connectivity index (χ3n) is 5.84. The van der Waals surface area contributed by atoms with Gasteiger partial charge < -0.3 is 24.9 Å². The van der Waals surface area contributed by atoms with E-state index in [2.05, 4.69) is 20.8 Å². The molecule has 0 unspecified atom stereocenters. The molecule has 0 saturated heterocycles. The smallest absolute Gasteiger partial charge is 0.330 e. The number of hydrogen-bond acceptors (Lipinski definition) is 9. The van der Waals surface area contributed by atoms with Gasteiger partial charge in [-0.25, -0.2) is 4.79 Å². The van der Waals surface area contributed by atoms with Crippen LogP contribution in [0.25, 0.3) is 11.5 Å². The number of ketones is 1. The molecule has 1 heterocycles. The van der Waals surface area contributed by atoms with Crippen molar-refractivity contribution in [3.63, 3.8) is 0 Å². The number of carbonyl (C=O) groups excluding carboxylic acids is 3. The number of benzene rings is 2. The van der Waals surface area contributed by atoms with Gasteiger partial charge in [-0.1, -0.05) is 44.2 Å². The van der Waals surface area contributed by atoms with Crippen molar-refractivity contribution in [2.24, 2.45) is 5.92 Å². The average molecular weight is 581 g/mol. The third kappa shape index (κ3) is 9.31. The summed E-state index contributed by atoms with van der Waals surface area (Å²) in [5.74, 6) is -1.85. The first kappa shape index (κ1) is 31.1. The molecule has 216 valence electrons. The van der Waals surface area contributed by atoms with E-state index in [4.69, 9.17) is 9.15 Å². The van der Waals surface area contributed by atoms with Crippen molar-refractivity contribution in [1.29, 1.82) is 0 Å². The summed E-state index contributed by atoms with van der Waals surface area (Å²) in [5.41, 5.74) is 1.78. The molecule has 0 aliphatic heterocycles. The highest BCUT2D eigenvalue weighted by molar-refractivity contribution is 7.99. The van der Waals surface area contributed by atoms with E-state index in [-0.39, 0.29) is 29.7 Å². The van der Waals surface area contributed by atoms with E-state index < -0.39 is 29.6 Å². The number of carboxylic acid groups (broad SMARTS) is 1. The molecular formula is C29H32N4O7S. The molecule has 1 atom stereocenters. The Bertz CT molecular complexity index is 1420. The number of methoxy groups -OCH3 is 1. The normalized spacial score (nSPS) is 12.1. The fourth-order valence-corrected chi connectivity index (χ4v) is 4.70. The lowest BCUT2D eigenvalue weighted by Gasteiger charge is -2.22. The zero-order valence-corrected chi connectivity index (χ0v) is 24.0. The number of carboxylic acids is 1. The monoisotopic (exact) mass is 580 g/mol. The number of thioether (sulfide) groups is 1. The van der Waals surface area contributed by atoms with Gasteiger partial charge in [-0.15, -0.1) is 22.0 Å². The highest BCUT2D eigenvalue weighted by Gasteiger charge is 2.27. The summed E-state index contributed by atoms with van der Waals surface area (Å²) in [6, 6.07) is 13.5. The van der Waals surface area contributed by atoms with Crippen LogP contribution < -0.4 is 15.4 Å². The SMILES string of the molecule is COc1ccc(-c2nnc(C)o2)cc1CC(=O)N[C@H](C(=O)NC(=CC(=O)O)C(=O)CSCc1ccccc1)C(C)C. The van der Waals surface area contributed by atoms with E-state index in [1.807, 2.05) is 30.3 Å². The maximum Gasteiger partial charge on any atom is 0.330 e. The number of aromatic nitrogens is 2. The number of aryl methyl sites for hydroxylation is 1. The van der Waals surface area contributed by atoms with E-state index >= 15 is 0 Å². The maximum absolute atomic E-state index is 13.2. The summed E-state index contributed by atoms with van der Waals surface area (Å²) in [6.45, 7) is 5.11. The second kappa shape index (κ2) is 14.8. The van der Waals surface area contributed by atoms with Crippen molar-refractivity contribution < 1.29 is 33.4 Å². The lowest BCUT2D eigenvalue weighted by atomic mass is 10.0.